The average Bonchev–Trinajstić information content (AvgIpc) is 3.08. The van der Waals surface area contributed by atoms with E-state index in [-0.39, 0.29) is 17.1 Å². The minimum Gasteiger partial charge on any atom is -0.475 e. The summed E-state index contributed by atoms with van der Waals surface area (Å²) in [6.45, 7) is 5.84. The Morgan fingerprint density at radius 3 is 2.43 bits per heavy atom. The Hall–Kier alpha value is -2.10. The summed E-state index contributed by atoms with van der Waals surface area (Å²) in [4.78, 5) is 15.8. The van der Waals surface area contributed by atoms with Gasteiger partial charge in [-0.25, -0.2) is 9.78 Å². The molecule has 1 aromatic heterocycles. The Morgan fingerprint density at radius 2 is 1.90 bits per heavy atom. The Kier molecular flexibility index (Phi) is 3.12. The first-order chi connectivity index (χ1) is 9.88. The Morgan fingerprint density at radius 1 is 1.24 bits per heavy atom. The second-order valence-electron chi connectivity index (χ2n) is 6.64. The average molecular weight is 285 g/mol. The molecule has 2 unspecified atom stereocenters. The number of aromatic carboxylic acids is 1. The maximum Gasteiger partial charge on any atom is 0.373 e. The number of oxazole rings is 1. The van der Waals surface area contributed by atoms with Crippen LogP contribution in [0.2, 0.25) is 0 Å². The van der Waals surface area contributed by atoms with E-state index in [0.717, 1.165) is 6.42 Å². The van der Waals surface area contributed by atoms with Crippen LogP contribution in [0.15, 0.2) is 34.7 Å². The normalized spacial score (nSPS) is 21.3. The van der Waals surface area contributed by atoms with Gasteiger partial charge < -0.3 is 9.52 Å². The van der Waals surface area contributed by atoms with E-state index in [1.54, 1.807) is 0 Å². The Labute approximate surface area is 123 Å². The third-order valence-corrected chi connectivity index (χ3v) is 3.88. The van der Waals surface area contributed by atoms with Crippen LogP contribution < -0.4 is 0 Å². The molecule has 0 spiro atoms. The van der Waals surface area contributed by atoms with Crippen molar-refractivity contribution in [3.8, 4) is 0 Å². The standard InChI is InChI=1S/C17H19NO3/c1-17(2,3)14-13(16(19)20)21-15(18-14)12-9-11(12)10-7-5-4-6-8-10/h4-8,11-12H,9H2,1-3H3,(H,19,20). The summed E-state index contributed by atoms with van der Waals surface area (Å²) < 4.78 is 5.57. The lowest BCUT2D eigenvalue weighted by molar-refractivity contribution is 0.0656. The van der Waals surface area contributed by atoms with Gasteiger partial charge in [-0.3, -0.25) is 0 Å². The number of hydrogen-bond donors (Lipinski definition) is 1. The minimum atomic E-state index is -1.05. The van der Waals surface area contributed by atoms with E-state index < -0.39 is 5.97 Å². The van der Waals surface area contributed by atoms with E-state index in [1.807, 2.05) is 39.0 Å². The number of hydrogen-bond acceptors (Lipinski definition) is 3. The molecule has 4 nitrogen and oxygen atoms in total. The first-order valence-electron chi connectivity index (χ1n) is 7.17. The summed E-state index contributed by atoms with van der Waals surface area (Å²) in [5.74, 6) is 0.0823. The predicted molar refractivity (Wildman–Crippen MR) is 78.7 cm³/mol. The molecule has 1 aliphatic carbocycles. The Balaban J connectivity index is 1.90. The number of benzene rings is 1. The molecule has 1 aliphatic rings. The third kappa shape index (κ3) is 2.58. The molecule has 1 heterocycles. The van der Waals surface area contributed by atoms with Crippen molar-refractivity contribution >= 4 is 5.97 Å². The molecule has 1 saturated carbocycles. The summed E-state index contributed by atoms with van der Waals surface area (Å²) in [7, 11) is 0. The van der Waals surface area contributed by atoms with Gasteiger partial charge in [0.05, 0.1) is 5.69 Å². The van der Waals surface area contributed by atoms with Crippen LogP contribution in [0.4, 0.5) is 0 Å². The molecule has 0 radical (unpaired) electrons. The SMILES string of the molecule is CC(C)(C)c1nc(C2CC2c2ccccc2)oc1C(=O)O. The highest BCUT2D eigenvalue weighted by Crippen LogP contribution is 2.54. The molecule has 0 saturated heterocycles. The van der Waals surface area contributed by atoms with Gasteiger partial charge in [-0.1, -0.05) is 51.1 Å². The van der Waals surface area contributed by atoms with Crippen molar-refractivity contribution in [1.29, 1.82) is 0 Å². The summed E-state index contributed by atoms with van der Waals surface area (Å²) in [5, 5.41) is 9.29. The molecule has 1 fully saturated rings. The topological polar surface area (TPSA) is 63.3 Å². The first-order valence-corrected chi connectivity index (χ1v) is 7.17. The van der Waals surface area contributed by atoms with E-state index in [4.69, 9.17) is 4.42 Å². The lowest BCUT2D eigenvalue weighted by Crippen LogP contribution is -2.16. The van der Waals surface area contributed by atoms with Crippen LogP contribution in [0, 0.1) is 0 Å². The smallest absolute Gasteiger partial charge is 0.373 e. The van der Waals surface area contributed by atoms with Crippen molar-refractivity contribution in [3.05, 3.63) is 53.2 Å². The lowest BCUT2D eigenvalue weighted by Gasteiger charge is -2.14. The predicted octanol–water partition coefficient (Wildman–Crippen LogP) is 3.94. The van der Waals surface area contributed by atoms with E-state index in [0.29, 0.717) is 17.5 Å². The van der Waals surface area contributed by atoms with Gasteiger partial charge in [0, 0.05) is 11.3 Å². The molecule has 0 amide bonds. The highest BCUT2D eigenvalue weighted by atomic mass is 16.4. The fourth-order valence-electron chi connectivity index (χ4n) is 2.69. The van der Waals surface area contributed by atoms with Crippen LogP contribution in [0.5, 0.6) is 0 Å². The molecular weight excluding hydrogens is 266 g/mol. The van der Waals surface area contributed by atoms with Crippen LogP contribution in [-0.2, 0) is 5.41 Å². The maximum absolute atomic E-state index is 11.3. The van der Waals surface area contributed by atoms with Gasteiger partial charge in [0.2, 0.25) is 5.76 Å². The van der Waals surface area contributed by atoms with Crippen molar-refractivity contribution < 1.29 is 14.3 Å². The third-order valence-electron chi connectivity index (χ3n) is 3.88. The van der Waals surface area contributed by atoms with Crippen LogP contribution in [0.3, 0.4) is 0 Å². The molecule has 110 valence electrons. The number of carbonyl (C=O) groups is 1. The summed E-state index contributed by atoms with van der Waals surface area (Å²) in [5.41, 5.74) is 1.45. The van der Waals surface area contributed by atoms with Gasteiger partial charge >= 0.3 is 5.97 Å². The van der Waals surface area contributed by atoms with Crippen molar-refractivity contribution in [1.82, 2.24) is 4.98 Å². The van der Waals surface area contributed by atoms with Gasteiger partial charge in [0.15, 0.2) is 5.89 Å². The number of rotatable bonds is 3. The molecule has 0 bridgehead atoms. The van der Waals surface area contributed by atoms with Crippen molar-refractivity contribution in [3.63, 3.8) is 0 Å². The highest BCUT2D eigenvalue weighted by Gasteiger charge is 2.44. The minimum absolute atomic E-state index is 0.0174. The van der Waals surface area contributed by atoms with Crippen LogP contribution in [0.25, 0.3) is 0 Å². The van der Waals surface area contributed by atoms with Crippen molar-refractivity contribution in [2.24, 2.45) is 0 Å². The van der Waals surface area contributed by atoms with E-state index >= 15 is 0 Å². The number of carboxylic acids is 1. The van der Waals surface area contributed by atoms with Crippen LogP contribution >= 0.6 is 0 Å². The van der Waals surface area contributed by atoms with Gasteiger partial charge in [-0.15, -0.1) is 0 Å². The molecule has 21 heavy (non-hydrogen) atoms. The second-order valence-corrected chi connectivity index (χ2v) is 6.64. The monoisotopic (exact) mass is 285 g/mol. The molecule has 0 aliphatic heterocycles. The largest absolute Gasteiger partial charge is 0.475 e. The van der Waals surface area contributed by atoms with Crippen molar-refractivity contribution in [2.75, 3.05) is 0 Å². The first kappa shape index (κ1) is 13.9. The van der Waals surface area contributed by atoms with E-state index in [1.165, 1.54) is 5.56 Å². The zero-order valence-electron chi connectivity index (χ0n) is 12.5. The molecule has 1 N–H and O–H groups in total. The van der Waals surface area contributed by atoms with Crippen molar-refractivity contribution in [2.45, 2.75) is 44.4 Å². The lowest BCUT2D eigenvalue weighted by atomic mass is 9.91. The maximum atomic E-state index is 11.3. The van der Waals surface area contributed by atoms with Crippen LogP contribution in [-0.4, -0.2) is 16.1 Å². The molecule has 2 atom stereocenters. The zero-order chi connectivity index (χ0) is 15.2. The molecular formula is C17H19NO3. The van der Waals surface area contributed by atoms with E-state index in [2.05, 4.69) is 17.1 Å². The number of aromatic nitrogens is 1. The summed E-state index contributed by atoms with van der Waals surface area (Å²) in [6.07, 6.45) is 0.965. The second kappa shape index (κ2) is 4.72. The van der Waals surface area contributed by atoms with Crippen LogP contribution in [0.1, 0.15) is 66.7 Å². The zero-order valence-corrected chi connectivity index (χ0v) is 12.5. The summed E-state index contributed by atoms with van der Waals surface area (Å²) >= 11 is 0. The fraction of sp³-hybridized carbons (Fsp3) is 0.412. The quantitative estimate of drug-likeness (QED) is 0.927. The van der Waals surface area contributed by atoms with Gasteiger partial charge in [0.25, 0.3) is 0 Å². The van der Waals surface area contributed by atoms with Gasteiger partial charge in [-0.2, -0.15) is 0 Å². The number of nitrogens with zero attached hydrogens (tertiary/aromatic N) is 1. The van der Waals surface area contributed by atoms with E-state index in [9.17, 15) is 9.90 Å². The summed E-state index contributed by atoms with van der Waals surface area (Å²) in [6, 6.07) is 10.2. The highest BCUT2D eigenvalue weighted by molar-refractivity contribution is 5.86. The molecule has 4 heteroatoms. The van der Waals surface area contributed by atoms with Gasteiger partial charge in [0.1, 0.15) is 0 Å². The Bertz CT molecular complexity index is 667. The molecule has 3 rings (SSSR count). The van der Waals surface area contributed by atoms with Gasteiger partial charge in [-0.05, 0) is 17.9 Å². The number of carboxylic acid groups (broad SMARTS) is 1. The molecule has 1 aromatic carbocycles. The molecule has 2 aromatic rings. The fourth-order valence-corrected chi connectivity index (χ4v) is 2.69.